The molecule has 0 aliphatic rings. The number of benzene rings is 2. The van der Waals surface area contributed by atoms with Crippen LogP contribution < -0.4 is 5.32 Å². The topological polar surface area (TPSA) is 49.3 Å². The van der Waals surface area contributed by atoms with Gasteiger partial charge in [-0.15, -0.1) is 0 Å². The molecular formula is C20H25NO2S. The highest BCUT2D eigenvalue weighted by Crippen LogP contribution is 2.14. The number of rotatable bonds is 8. The fraction of sp³-hybridized carbons (Fsp3) is 0.350. The van der Waals surface area contributed by atoms with E-state index in [2.05, 4.69) is 17.4 Å². The van der Waals surface area contributed by atoms with E-state index in [1.54, 1.807) is 18.7 Å². The van der Waals surface area contributed by atoms with E-state index in [9.17, 15) is 9.90 Å². The summed E-state index contributed by atoms with van der Waals surface area (Å²) in [5, 5.41) is 13.1. The normalized spacial score (nSPS) is 13.3. The first-order valence-electron chi connectivity index (χ1n) is 8.13. The minimum absolute atomic E-state index is 0.125. The number of hydrogen-bond acceptors (Lipinski definition) is 3. The molecule has 0 aliphatic heterocycles. The van der Waals surface area contributed by atoms with Gasteiger partial charge in [-0.05, 0) is 43.2 Å². The van der Waals surface area contributed by atoms with E-state index < -0.39 is 5.60 Å². The van der Waals surface area contributed by atoms with Crippen molar-refractivity contribution in [2.24, 2.45) is 0 Å². The van der Waals surface area contributed by atoms with Crippen LogP contribution in [0, 0.1) is 0 Å². The van der Waals surface area contributed by atoms with Gasteiger partial charge in [0.25, 0.3) is 5.91 Å². The van der Waals surface area contributed by atoms with Crippen LogP contribution in [-0.2, 0) is 12.8 Å². The van der Waals surface area contributed by atoms with Crippen LogP contribution in [0.5, 0.6) is 0 Å². The third kappa shape index (κ3) is 5.69. The molecule has 0 spiro atoms. The molecule has 0 radical (unpaired) electrons. The highest BCUT2D eigenvalue weighted by Gasteiger charge is 2.21. The summed E-state index contributed by atoms with van der Waals surface area (Å²) in [5.74, 6) is 0.461. The third-order valence-corrected chi connectivity index (χ3v) is 4.78. The number of amides is 1. The lowest BCUT2D eigenvalue weighted by Gasteiger charge is -2.22. The van der Waals surface area contributed by atoms with Gasteiger partial charge in [0, 0.05) is 17.9 Å². The monoisotopic (exact) mass is 343 g/mol. The Hall–Kier alpha value is -1.78. The van der Waals surface area contributed by atoms with E-state index in [-0.39, 0.29) is 12.5 Å². The van der Waals surface area contributed by atoms with E-state index in [1.807, 2.05) is 48.7 Å². The third-order valence-electron chi connectivity index (χ3n) is 3.87. The SMILES string of the molecule is CSCC(C)(O)CNC(=O)c1ccccc1CCc1ccccc1. The Labute approximate surface area is 148 Å². The number of hydrogen-bond donors (Lipinski definition) is 2. The Kier molecular flexibility index (Phi) is 6.88. The Bertz CT molecular complexity index is 656. The molecule has 0 fully saturated rings. The second-order valence-corrected chi connectivity index (χ2v) is 7.12. The smallest absolute Gasteiger partial charge is 0.251 e. The Balaban J connectivity index is 2.01. The first-order chi connectivity index (χ1) is 11.5. The lowest BCUT2D eigenvalue weighted by atomic mass is 9.99. The van der Waals surface area contributed by atoms with Crippen LogP contribution in [0.3, 0.4) is 0 Å². The summed E-state index contributed by atoms with van der Waals surface area (Å²) in [4.78, 5) is 12.5. The summed E-state index contributed by atoms with van der Waals surface area (Å²) in [7, 11) is 0. The molecule has 1 amide bonds. The average molecular weight is 343 g/mol. The van der Waals surface area contributed by atoms with Gasteiger partial charge in [0.2, 0.25) is 0 Å². The molecule has 0 aromatic heterocycles. The first-order valence-corrected chi connectivity index (χ1v) is 9.52. The molecule has 24 heavy (non-hydrogen) atoms. The maximum Gasteiger partial charge on any atom is 0.251 e. The number of carbonyl (C=O) groups is 1. The van der Waals surface area contributed by atoms with Crippen molar-refractivity contribution in [1.82, 2.24) is 5.32 Å². The van der Waals surface area contributed by atoms with Crippen LogP contribution in [-0.4, -0.2) is 35.2 Å². The minimum Gasteiger partial charge on any atom is -0.387 e. The molecule has 2 N–H and O–H groups in total. The highest BCUT2D eigenvalue weighted by atomic mass is 32.2. The molecule has 3 nitrogen and oxygen atoms in total. The Morgan fingerprint density at radius 3 is 2.46 bits per heavy atom. The summed E-state index contributed by atoms with van der Waals surface area (Å²) < 4.78 is 0. The van der Waals surface area contributed by atoms with Crippen LogP contribution >= 0.6 is 11.8 Å². The lowest BCUT2D eigenvalue weighted by Crippen LogP contribution is -2.42. The Morgan fingerprint density at radius 1 is 1.08 bits per heavy atom. The van der Waals surface area contributed by atoms with E-state index >= 15 is 0 Å². The van der Waals surface area contributed by atoms with Crippen molar-refractivity contribution in [3.8, 4) is 0 Å². The maximum atomic E-state index is 12.5. The zero-order valence-electron chi connectivity index (χ0n) is 14.3. The van der Waals surface area contributed by atoms with Crippen molar-refractivity contribution in [3.05, 3.63) is 71.3 Å². The molecule has 0 aliphatic carbocycles. The lowest BCUT2D eigenvalue weighted by molar-refractivity contribution is 0.0724. The maximum absolute atomic E-state index is 12.5. The largest absolute Gasteiger partial charge is 0.387 e. The Morgan fingerprint density at radius 2 is 1.75 bits per heavy atom. The van der Waals surface area contributed by atoms with Gasteiger partial charge in [-0.25, -0.2) is 0 Å². The number of aliphatic hydroxyl groups is 1. The number of nitrogens with one attached hydrogen (secondary N) is 1. The summed E-state index contributed by atoms with van der Waals surface area (Å²) in [5.41, 5.74) is 2.08. The van der Waals surface area contributed by atoms with Crippen molar-refractivity contribution in [3.63, 3.8) is 0 Å². The van der Waals surface area contributed by atoms with Crippen LogP contribution in [0.2, 0.25) is 0 Å². The fourth-order valence-electron chi connectivity index (χ4n) is 2.61. The van der Waals surface area contributed by atoms with Gasteiger partial charge in [-0.1, -0.05) is 48.5 Å². The summed E-state index contributed by atoms with van der Waals surface area (Å²) >= 11 is 1.56. The highest BCUT2D eigenvalue weighted by molar-refractivity contribution is 7.98. The number of aryl methyl sites for hydroxylation is 2. The van der Waals surface area contributed by atoms with Gasteiger partial charge < -0.3 is 10.4 Å². The summed E-state index contributed by atoms with van der Waals surface area (Å²) in [6.07, 6.45) is 3.65. The molecule has 0 bridgehead atoms. The van der Waals surface area contributed by atoms with Crippen LogP contribution in [0.4, 0.5) is 0 Å². The second-order valence-electron chi connectivity index (χ2n) is 6.26. The molecule has 0 heterocycles. The van der Waals surface area contributed by atoms with Gasteiger partial charge in [-0.2, -0.15) is 11.8 Å². The average Bonchev–Trinajstić information content (AvgIpc) is 2.59. The van der Waals surface area contributed by atoms with Gasteiger partial charge >= 0.3 is 0 Å². The standard InChI is InChI=1S/C20H25NO2S/c1-20(23,15-24-2)14-21-19(22)18-11-7-6-10-17(18)13-12-16-8-4-3-5-9-16/h3-11,23H,12-15H2,1-2H3,(H,21,22). The molecule has 4 heteroatoms. The van der Waals surface area contributed by atoms with Crippen molar-refractivity contribution < 1.29 is 9.90 Å². The van der Waals surface area contributed by atoms with Crippen molar-refractivity contribution in [1.29, 1.82) is 0 Å². The second kappa shape index (κ2) is 8.90. The van der Waals surface area contributed by atoms with Gasteiger partial charge in [-0.3, -0.25) is 4.79 Å². The zero-order valence-corrected chi connectivity index (χ0v) is 15.1. The van der Waals surface area contributed by atoms with Gasteiger partial charge in [0.15, 0.2) is 0 Å². The predicted molar refractivity (Wildman–Crippen MR) is 102 cm³/mol. The van der Waals surface area contributed by atoms with Crippen molar-refractivity contribution in [2.45, 2.75) is 25.4 Å². The quantitative estimate of drug-likeness (QED) is 0.773. The fourth-order valence-corrected chi connectivity index (χ4v) is 3.34. The summed E-state index contributed by atoms with van der Waals surface area (Å²) in [6, 6.07) is 17.9. The van der Waals surface area contributed by atoms with Crippen molar-refractivity contribution >= 4 is 17.7 Å². The van der Waals surface area contributed by atoms with Crippen LogP contribution in [0.1, 0.15) is 28.4 Å². The number of carbonyl (C=O) groups excluding carboxylic acids is 1. The molecule has 2 aromatic rings. The zero-order chi connectivity index (χ0) is 17.4. The van der Waals surface area contributed by atoms with Gasteiger partial charge in [0.05, 0.1) is 5.60 Å². The molecule has 2 aromatic carbocycles. The molecule has 1 atom stereocenters. The minimum atomic E-state index is -0.895. The number of thioether (sulfide) groups is 1. The van der Waals surface area contributed by atoms with Crippen LogP contribution in [0.25, 0.3) is 0 Å². The van der Waals surface area contributed by atoms with E-state index in [1.165, 1.54) is 5.56 Å². The van der Waals surface area contributed by atoms with Gasteiger partial charge in [0.1, 0.15) is 0 Å². The van der Waals surface area contributed by atoms with Crippen molar-refractivity contribution in [2.75, 3.05) is 18.6 Å². The van der Waals surface area contributed by atoms with E-state index in [4.69, 9.17) is 0 Å². The van der Waals surface area contributed by atoms with E-state index in [0.29, 0.717) is 11.3 Å². The van der Waals surface area contributed by atoms with Crippen LogP contribution in [0.15, 0.2) is 54.6 Å². The molecule has 1 unspecified atom stereocenters. The molecule has 0 saturated carbocycles. The molecule has 0 saturated heterocycles. The molecule has 2 rings (SSSR count). The molecular weight excluding hydrogens is 318 g/mol. The predicted octanol–water partition coefficient (Wildman–Crippen LogP) is 3.32. The summed E-state index contributed by atoms with van der Waals surface area (Å²) in [6.45, 7) is 1.99. The first kappa shape index (κ1) is 18.6. The molecule has 128 valence electrons. The van der Waals surface area contributed by atoms with E-state index in [0.717, 1.165) is 18.4 Å².